The van der Waals surface area contributed by atoms with E-state index in [0.29, 0.717) is 5.56 Å². The van der Waals surface area contributed by atoms with Crippen LogP contribution in [-0.2, 0) is 13.0 Å². The molecule has 0 saturated heterocycles. The topological polar surface area (TPSA) is 35.2 Å². The molecule has 0 amide bonds. The maximum atomic E-state index is 13.9. The molecule has 0 saturated carbocycles. The summed E-state index contributed by atoms with van der Waals surface area (Å²) in [6.45, 7) is 0.165. The average molecular weight is 306 g/mol. The summed E-state index contributed by atoms with van der Waals surface area (Å²) in [5.74, 6) is 0.377. The lowest BCUT2D eigenvalue weighted by molar-refractivity contribution is 0.294. The number of hydrogen-bond acceptors (Lipinski definition) is 2. The van der Waals surface area contributed by atoms with Crippen molar-refractivity contribution >= 4 is 11.6 Å². The van der Waals surface area contributed by atoms with Gasteiger partial charge in [-0.3, -0.25) is 0 Å². The van der Waals surface area contributed by atoms with Crippen molar-refractivity contribution < 1.29 is 9.13 Å². The van der Waals surface area contributed by atoms with Crippen molar-refractivity contribution in [1.82, 2.24) is 0 Å². The maximum Gasteiger partial charge on any atom is 0.148 e. The highest BCUT2D eigenvalue weighted by molar-refractivity contribution is 6.30. The largest absolute Gasteiger partial charge is 0.489 e. The molecule has 0 fully saturated rings. The summed E-state index contributed by atoms with van der Waals surface area (Å²) in [6, 6.07) is 10.9. The van der Waals surface area contributed by atoms with Crippen LogP contribution in [0.2, 0.25) is 5.02 Å². The second-order valence-corrected chi connectivity index (χ2v) is 5.73. The summed E-state index contributed by atoms with van der Waals surface area (Å²) in [5.41, 5.74) is 8.89. The first kappa shape index (κ1) is 14.4. The van der Waals surface area contributed by atoms with Gasteiger partial charge in [0.2, 0.25) is 0 Å². The van der Waals surface area contributed by atoms with E-state index < -0.39 is 5.82 Å². The Balaban J connectivity index is 1.83. The number of halogens is 2. The van der Waals surface area contributed by atoms with Gasteiger partial charge in [-0.15, -0.1) is 0 Å². The highest BCUT2D eigenvalue weighted by atomic mass is 35.5. The van der Waals surface area contributed by atoms with E-state index in [4.69, 9.17) is 22.1 Å². The molecule has 110 valence electrons. The molecule has 0 spiro atoms. The minimum atomic E-state index is -0.416. The second-order valence-electron chi connectivity index (χ2n) is 5.32. The molecule has 2 aromatic rings. The minimum absolute atomic E-state index is 0.0696. The Kier molecular flexibility index (Phi) is 4.13. The third-order valence-corrected chi connectivity index (χ3v) is 4.22. The molecule has 1 atom stereocenters. The van der Waals surface area contributed by atoms with Gasteiger partial charge < -0.3 is 10.5 Å². The molecule has 0 heterocycles. The van der Waals surface area contributed by atoms with Crippen LogP contribution in [-0.4, -0.2) is 0 Å². The fourth-order valence-corrected chi connectivity index (χ4v) is 3.00. The third-order valence-electron chi connectivity index (χ3n) is 3.93. The van der Waals surface area contributed by atoms with Crippen LogP contribution in [0.5, 0.6) is 5.75 Å². The number of fused-ring (bicyclic) bond motifs is 1. The van der Waals surface area contributed by atoms with Crippen molar-refractivity contribution in [2.24, 2.45) is 5.73 Å². The van der Waals surface area contributed by atoms with Crippen LogP contribution in [0.1, 0.15) is 35.6 Å². The SMILES string of the molecule is NC1CCCc2c(OCc3cccc(Cl)c3F)cccc21. The third kappa shape index (κ3) is 2.89. The lowest BCUT2D eigenvalue weighted by Gasteiger charge is -2.24. The van der Waals surface area contributed by atoms with E-state index in [0.717, 1.165) is 36.1 Å². The van der Waals surface area contributed by atoms with E-state index in [9.17, 15) is 4.39 Å². The quantitative estimate of drug-likeness (QED) is 0.912. The van der Waals surface area contributed by atoms with E-state index >= 15 is 0 Å². The first-order valence-electron chi connectivity index (χ1n) is 7.10. The second kappa shape index (κ2) is 6.04. The molecule has 0 aliphatic heterocycles. The maximum absolute atomic E-state index is 13.9. The van der Waals surface area contributed by atoms with Gasteiger partial charge in [-0.2, -0.15) is 0 Å². The molecule has 2 nitrogen and oxygen atoms in total. The van der Waals surface area contributed by atoms with Crippen LogP contribution in [0, 0.1) is 5.82 Å². The molecule has 0 aromatic heterocycles. The Hall–Kier alpha value is -1.58. The highest BCUT2D eigenvalue weighted by Gasteiger charge is 2.20. The Morgan fingerprint density at radius 2 is 2.05 bits per heavy atom. The van der Waals surface area contributed by atoms with E-state index in [1.807, 2.05) is 18.2 Å². The van der Waals surface area contributed by atoms with E-state index in [1.165, 1.54) is 6.07 Å². The molecule has 0 bridgehead atoms. The molecule has 2 N–H and O–H groups in total. The number of benzene rings is 2. The van der Waals surface area contributed by atoms with Crippen LogP contribution in [0.15, 0.2) is 36.4 Å². The summed E-state index contributed by atoms with van der Waals surface area (Å²) in [5, 5.41) is 0.119. The molecule has 3 rings (SSSR count). The standard InChI is InChI=1S/C17H17ClFNO/c18-14-7-1-4-11(17(14)19)10-21-16-9-3-5-12-13(16)6-2-8-15(12)20/h1,3-5,7,9,15H,2,6,8,10,20H2. The fourth-order valence-electron chi connectivity index (χ4n) is 2.80. The van der Waals surface area contributed by atoms with Gasteiger partial charge in [0.1, 0.15) is 18.2 Å². The summed E-state index contributed by atoms with van der Waals surface area (Å²) in [6.07, 6.45) is 3.01. The average Bonchev–Trinajstić information content (AvgIpc) is 2.49. The Morgan fingerprint density at radius 3 is 2.90 bits per heavy atom. The van der Waals surface area contributed by atoms with Crippen LogP contribution < -0.4 is 10.5 Å². The fraction of sp³-hybridized carbons (Fsp3) is 0.294. The zero-order valence-corrected chi connectivity index (χ0v) is 12.4. The number of hydrogen-bond donors (Lipinski definition) is 1. The van der Waals surface area contributed by atoms with Crippen molar-refractivity contribution in [3.8, 4) is 5.75 Å². The van der Waals surface area contributed by atoms with E-state index in [1.54, 1.807) is 12.1 Å². The monoisotopic (exact) mass is 305 g/mol. The number of rotatable bonds is 3. The summed E-state index contributed by atoms with van der Waals surface area (Å²) in [4.78, 5) is 0. The molecule has 1 unspecified atom stereocenters. The minimum Gasteiger partial charge on any atom is -0.489 e. The van der Waals surface area contributed by atoms with E-state index in [2.05, 4.69) is 0 Å². The summed E-state index contributed by atoms with van der Waals surface area (Å²) < 4.78 is 19.7. The number of ether oxygens (including phenoxy) is 1. The molecule has 1 aliphatic carbocycles. The lowest BCUT2D eigenvalue weighted by atomic mass is 9.87. The predicted molar refractivity (Wildman–Crippen MR) is 82.1 cm³/mol. The van der Waals surface area contributed by atoms with Crippen LogP contribution in [0.4, 0.5) is 4.39 Å². The van der Waals surface area contributed by atoms with Gasteiger partial charge in [0.15, 0.2) is 0 Å². The first-order valence-corrected chi connectivity index (χ1v) is 7.47. The Morgan fingerprint density at radius 1 is 1.24 bits per heavy atom. The molecular weight excluding hydrogens is 289 g/mol. The molecule has 21 heavy (non-hydrogen) atoms. The summed E-state index contributed by atoms with van der Waals surface area (Å²) in [7, 11) is 0. The van der Waals surface area contributed by atoms with Crippen molar-refractivity contribution in [1.29, 1.82) is 0 Å². The van der Waals surface area contributed by atoms with Gasteiger partial charge in [0, 0.05) is 11.6 Å². The molecule has 4 heteroatoms. The van der Waals surface area contributed by atoms with Crippen molar-refractivity contribution in [2.75, 3.05) is 0 Å². The summed E-state index contributed by atoms with van der Waals surface area (Å²) >= 11 is 5.78. The van der Waals surface area contributed by atoms with Gasteiger partial charge in [-0.1, -0.05) is 35.9 Å². The normalized spacial score (nSPS) is 17.4. The first-order chi connectivity index (χ1) is 10.2. The van der Waals surface area contributed by atoms with Gasteiger partial charge >= 0.3 is 0 Å². The lowest BCUT2D eigenvalue weighted by Crippen LogP contribution is -2.18. The highest BCUT2D eigenvalue weighted by Crippen LogP contribution is 2.34. The zero-order valence-electron chi connectivity index (χ0n) is 11.6. The van der Waals surface area contributed by atoms with Gasteiger partial charge in [0.25, 0.3) is 0 Å². The van der Waals surface area contributed by atoms with Crippen LogP contribution in [0.25, 0.3) is 0 Å². The van der Waals surface area contributed by atoms with Crippen molar-refractivity contribution in [3.63, 3.8) is 0 Å². The Labute approximate surface area is 128 Å². The predicted octanol–water partition coefficient (Wildman–Crippen LogP) is 4.39. The molecular formula is C17H17ClFNO. The van der Waals surface area contributed by atoms with Gasteiger partial charge in [0.05, 0.1) is 5.02 Å². The van der Waals surface area contributed by atoms with Crippen molar-refractivity contribution in [2.45, 2.75) is 31.9 Å². The van der Waals surface area contributed by atoms with Crippen molar-refractivity contribution in [3.05, 3.63) is 63.9 Å². The smallest absolute Gasteiger partial charge is 0.148 e. The molecule has 0 radical (unpaired) electrons. The van der Waals surface area contributed by atoms with Gasteiger partial charge in [-0.25, -0.2) is 4.39 Å². The van der Waals surface area contributed by atoms with Crippen LogP contribution in [0.3, 0.4) is 0 Å². The molecule has 1 aliphatic rings. The molecule has 2 aromatic carbocycles. The van der Waals surface area contributed by atoms with Crippen LogP contribution >= 0.6 is 11.6 Å². The Bertz CT molecular complexity index is 659. The van der Waals surface area contributed by atoms with E-state index in [-0.39, 0.29) is 17.7 Å². The number of nitrogens with two attached hydrogens (primary N) is 1. The zero-order chi connectivity index (χ0) is 14.8. The van der Waals surface area contributed by atoms with Gasteiger partial charge in [-0.05, 0) is 42.5 Å².